The lowest BCUT2D eigenvalue weighted by atomic mass is 10.0. The summed E-state index contributed by atoms with van der Waals surface area (Å²) in [5, 5.41) is 36.7. The van der Waals surface area contributed by atoms with Crippen LogP contribution in [-0.2, 0) is 67.9 Å². The third kappa shape index (κ3) is 26.4. The Bertz CT molecular complexity index is 6150. The molecule has 0 spiro atoms. The fraction of sp³-hybridized carbons (Fsp3) is 0.479. The quantitative estimate of drug-likeness (QED) is 0.0298. The van der Waals surface area contributed by atoms with Gasteiger partial charge in [0.1, 0.15) is 103 Å². The smallest absolute Gasteiger partial charge is 0.408 e. The molecule has 41 heteroatoms. The van der Waals surface area contributed by atoms with E-state index in [1.54, 1.807) is 138 Å². The van der Waals surface area contributed by atoms with Crippen molar-refractivity contribution in [3.05, 3.63) is 132 Å². The third-order valence-corrected chi connectivity index (χ3v) is 27.5. The van der Waals surface area contributed by atoms with Crippen molar-refractivity contribution in [1.82, 2.24) is 55.1 Å². The molecular formula is C96H122N16O21S4. The molecule has 4 aliphatic heterocycles. The van der Waals surface area contributed by atoms with E-state index < -0.39 is 138 Å². The zero-order valence-corrected chi connectivity index (χ0v) is 82.8. The first-order chi connectivity index (χ1) is 64.6. The Morgan fingerprint density at radius 3 is 1.39 bits per heavy atom. The van der Waals surface area contributed by atoms with Crippen LogP contribution in [0.15, 0.2) is 142 Å². The SMILES string of the molecule is COc1ccc2c(O[C@@H]3C[C@@H](C(=O)N[C@]45C[C@H]4/C=C/CCCCC(=O)Nc4ccccc4S(=O)(=O)NC5=O)N(C(=O)[C@@H](NC(=O)OC(C)(C)C)C(C)C)C3)cc(-c3csc(NC(C)C)n3)nc2c1.COc1ccc2c(O[C@@H]3C[C@@H](C(=O)O)N(C(=O)[C@@H](NC(=O)OC(C)(C)C)C(C)C)C3)cc(-c3csc(NC(C)C)n3)nc2c1.N[C@]12C[C@H]1/C=C/CCCCC(=O)Nc1ccccc1S(=O)(=O)NC2=O. The molecule has 4 aromatic heterocycles. The minimum Gasteiger partial charge on any atom is -0.497 e. The van der Waals surface area contributed by atoms with E-state index in [1.807, 2.05) is 68.8 Å². The van der Waals surface area contributed by atoms with Crippen LogP contribution in [0.5, 0.6) is 23.0 Å². The number of nitrogens with two attached hydrogens (primary N) is 1. The minimum atomic E-state index is -4.58. The van der Waals surface area contributed by atoms with Gasteiger partial charge in [0.2, 0.25) is 29.5 Å². The molecule has 8 aromatic rings. The van der Waals surface area contributed by atoms with Crippen molar-refractivity contribution in [3.8, 4) is 45.8 Å². The zero-order valence-electron chi connectivity index (χ0n) is 79.5. The zero-order chi connectivity index (χ0) is 99.6. The number of carboxylic acids is 1. The number of allylic oxidation sites excluding steroid dienone is 2. The highest BCUT2D eigenvalue weighted by molar-refractivity contribution is 7.90. The number of methoxy groups -OCH3 is 2. The Kier molecular flexibility index (Phi) is 32.7. The van der Waals surface area contributed by atoms with E-state index in [-0.39, 0.29) is 95.7 Å². The van der Waals surface area contributed by atoms with Crippen LogP contribution in [0.4, 0.5) is 31.2 Å². The summed E-state index contributed by atoms with van der Waals surface area (Å²) in [7, 11) is -5.59. The summed E-state index contributed by atoms with van der Waals surface area (Å²) in [5.41, 5.74) is 5.18. The number of para-hydroxylation sites is 2. The average Bonchev–Trinajstić information content (AvgIpc) is 1.57. The highest BCUT2D eigenvalue weighted by atomic mass is 32.2. The lowest BCUT2D eigenvalue weighted by Gasteiger charge is -2.31. The summed E-state index contributed by atoms with van der Waals surface area (Å²) >= 11 is 2.90. The number of sulfonamides is 2. The largest absolute Gasteiger partial charge is 0.497 e. The number of carboxylic acid groups (broad SMARTS) is 1. The van der Waals surface area contributed by atoms with E-state index in [2.05, 4.69) is 51.6 Å². The van der Waals surface area contributed by atoms with Crippen LogP contribution in [0, 0.1) is 23.7 Å². The van der Waals surface area contributed by atoms with E-state index in [0.717, 1.165) is 18.0 Å². The number of ether oxygens (including phenoxy) is 6. The van der Waals surface area contributed by atoms with Gasteiger partial charge in [-0.25, -0.2) is 60.6 Å². The van der Waals surface area contributed by atoms with Crippen molar-refractivity contribution < 1.29 is 98.3 Å². The number of hydrogen-bond donors (Lipinski definition) is 11. The van der Waals surface area contributed by atoms with Gasteiger partial charge in [-0.15, -0.1) is 22.7 Å². The number of pyridine rings is 2. The normalized spacial score (nSPS) is 22.4. The molecule has 2 aliphatic carbocycles. The molecule has 2 saturated heterocycles. The molecule has 4 fully saturated rings. The molecule has 10 atom stereocenters. The van der Waals surface area contributed by atoms with E-state index in [0.29, 0.717) is 111 Å². The molecule has 2 saturated carbocycles. The van der Waals surface area contributed by atoms with Crippen molar-refractivity contribution in [1.29, 1.82) is 0 Å². The lowest BCUT2D eigenvalue weighted by Crippen LogP contribution is -2.59. The van der Waals surface area contributed by atoms with E-state index in [1.165, 1.54) is 68.9 Å². The van der Waals surface area contributed by atoms with E-state index >= 15 is 0 Å². The van der Waals surface area contributed by atoms with Gasteiger partial charge >= 0.3 is 18.2 Å². The molecule has 137 heavy (non-hydrogen) atoms. The highest BCUT2D eigenvalue weighted by Gasteiger charge is 2.62. The van der Waals surface area contributed by atoms with Gasteiger partial charge in [-0.2, -0.15) is 0 Å². The van der Waals surface area contributed by atoms with Crippen molar-refractivity contribution in [2.45, 2.75) is 255 Å². The van der Waals surface area contributed by atoms with Gasteiger partial charge in [-0.1, -0.05) is 76.3 Å². The molecule has 6 aliphatic rings. The number of nitrogens with zero attached hydrogens (tertiary/aromatic N) is 6. The van der Waals surface area contributed by atoms with Crippen LogP contribution < -0.4 is 71.3 Å². The molecular weight excluding hydrogens is 1840 g/mol. The van der Waals surface area contributed by atoms with Gasteiger partial charge in [0.15, 0.2) is 10.3 Å². The Morgan fingerprint density at radius 1 is 0.540 bits per heavy atom. The summed E-state index contributed by atoms with van der Waals surface area (Å²) in [5.74, 6) is -4.79. The number of aliphatic carboxylic acids is 1. The first-order valence-electron chi connectivity index (χ1n) is 45.6. The number of aromatic nitrogens is 4. The molecule has 4 aromatic carbocycles. The second kappa shape index (κ2) is 43.4. The van der Waals surface area contributed by atoms with Crippen LogP contribution in [0.2, 0.25) is 0 Å². The number of likely N-dealkylation sites (tertiary alicyclic amines) is 2. The molecule has 14 rings (SSSR count). The number of rotatable bonds is 21. The first-order valence-corrected chi connectivity index (χ1v) is 50.3. The predicted molar refractivity (Wildman–Crippen MR) is 519 cm³/mol. The molecule has 8 heterocycles. The number of thiazole rings is 2. The molecule has 0 unspecified atom stereocenters. The number of fused-ring (bicyclic) bond motifs is 6. The molecule has 12 N–H and O–H groups in total. The summed E-state index contributed by atoms with van der Waals surface area (Å²) in [6, 6.07) is 21.9. The monoisotopic (exact) mass is 1960 g/mol. The average molecular weight is 1960 g/mol. The van der Waals surface area contributed by atoms with Crippen molar-refractivity contribution in [2.75, 3.05) is 48.6 Å². The fourth-order valence-electron chi connectivity index (χ4n) is 16.1. The summed E-state index contributed by atoms with van der Waals surface area (Å²) in [4.78, 5) is 154. The summed E-state index contributed by atoms with van der Waals surface area (Å²) < 4.78 is 92.3. The van der Waals surface area contributed by atoms with Gasteiger partial charge in [-0.05, 0) is 181 Å². The molecule has 0 radical (unpaired) electrons. The molecule has 736 valence electrons. The maximum Gasteiger partial charge on any atom is 0.408 e. The Balaban J connectivity index is 0.000000207. The Hall–Kier alpha value is -12.6. The van der Waals surface area contributed by atoms with Gasteiger partial charge < -0.3 is 86.3 Å². The van der Waals surface area contributed by atoms with Gasteiger partial charge in [0, 0.05) is 95.4 Å². The van der Waals surface area contributed by atoms with Crippen molar-refractivity contribution >= 4 is 146 Å². The van der Waals surface area contributed by atoms with Crippen molar-refractivity contribution in [3.63, 3.8) is 0 Å². The predicted octanol–water partition coefficient (Wildman–Crippen LogP) is 13.0. The van der Waals surface area contributed by atoms with Crippen LogP contribution >= 0.6 is 22.7 Å². The van der Waals surface area contributed by atoms with Crippen molar-refractivity contribution in [2.24, 2.45) is 29.4 Å². The number of carbonyl (C=O) groups is 10. The first kappa shape index (κ1) is 103. The van der Waals surface area contributed by atoms with Crippen LogP contribution in [0.25, 0.3) is 44.6 Å². The third-order valence-electron chi connectivity index (χ3n) is 23.2. The maximum atomic E-state index is 14.9. The molecule has 9 amide bonds. The van der Waals surface area contributed by atoms with Crippen LogP contribution in [0.3, 0.4) is 0 Å². The topological polar surface area (TPSA) is 507 Å². The van der Waals surface area contributed by atoms with E-state index in [9.17, 15) is 69.9 Å². The number of alkyl carbamates (subject to hydrolysis) is 2. The summed E-state index contributed by atoms with van der Waals surface area (Å²) in [6.45, 7) is 25.3. The van der Waals surface area contributed by atoms with E-state index in [4.69, 9.17) is 49.1 Å². The number of nitrogens with one attached hydrogen (secondary N) is 9. The molecule has 37 nitrogen and oxygen atoms in total. The van der Waals surface area contributed by atoms with Gasteiger partial charge in [0.25, 0.3) is 31.9 Å². The Labute approximate surface area is 804 Å². The number of benzene rings is 4. The van der Waals surface area contributed by atoms with Crippen LogP contribution in [-0.4, -0.2) is 209 Å². The lowest BCUT2D eigenvalue weighted by molar-refractivity contribution is -0.149. The standard InChI is InChI=1S/C48H60N8O10S2.C31H41N5O7S.C17H21N3O4S/c1-27(2)41(53-46(61)66-47(5,6)7)43(59)56-25-31(65-38-23-35(36-26-67-45(52-36)49-28(3)4)50-34-21-30(64-8)19-20-32(34)38)22-37(56)42(58)54-48-24-29(48)15-11-9-10-12-18-40(57)51-33-16-13-14-17-39(33)68(62,63)55-44(48)60;1-16(2)26(35-30(40)43-31(5,6)7)27(37)36-14-19(12-24(36)28(38)39)42-25-13-22(23-15-44-29(34-23)32-17(3)4)33-21-11-18(41-8)9-10-20(21)25;18-17-11-12(17)7-3-1-2-4-10-15(21)19-13-8-5-6-9-14(13)25(23,24)20-16(17)22/h11,13-17,19-21,23,26-29,31,37,41H,9-10,12,18,22,24-25H2,1-8H3,(H,49,52)(H,51,57)(H,53,61)(H,54,58)(H,55,60);9-11,13,15-17,19,24,26H,12,14H2,1-8H3,(H,32,34)(H,35,40)(H,38,39);3,5-9,12H,1-2,4,10-11,18H2,(H,19,21)(H,20,22)/b15-11+;;7-3+/t29-,31-,37+,41+,48-;19-,24+,26+;12-,17-/m111/s1. The second-order valence-electron chi connectivity index (χ2n) is 37.9. The molecule has 0 bridgehead atoms. The fourth-order valence-corrected chi connectivity index (χ4v) is 20.2. The summed E-state index contributed by atoms with van der Waals surface area (Å²) in [6.07, 6.45) is 9.48. The van der Waals surface area contributed by atoms with Gasteiger partial charge in [0.05, 0.1) is 61.1 Å². The van der Waals surface area contributed by atoms with Gasteiger partial charge in [-0.3, -0.25) is 33.6 Å². The second-order valence-corrected chi connectivity index (χ2v) is 42.9. The van der Waals surface area contributed by atoms with Crippen LogP contribution in [0.1, 0.15) is 174 Å². The number of amides is 9. The Morgan fingerprint density at radius 2 is 0.964 bits per heavy atom. The maximum absolute atomic E-state index is 14.9. The number of hydrogen-bond acceptors (Lipinski definition) is 29. The minimum absolute atomic E-state index is 0.00906. The number of carbonyl (C=O) groups excluding carboxylic acids is 9. The highest BCUT2D eigenvalue weighted by Crippen LogP contribution is 2.48. The number of anilines is 4.